The molecule has 1 N–H and O–H groups in total. The van der Waals surface area contributed by atoms with Crippen LogP contribution in [0, 0.1) is 5.82 Å². The van der Waals surface area contributed by atoms with Gasteiger partial charge in [-0.05, 0) is 48.9 Å². The Labute approximate surface area is 161 Å². The zero-order chi connectivity index (χ0) is 19.5. The minimum Gasteiger partial charge on any atom is -0.342 e. The normalized spacial score (nSPS) is 12.1. The summed E-state index contributed by atoms with van der Waals surface area (Å²) in [4.78, 5) is 21.2. The lowest BCUT2D eigenvalue weighted by Gasteiger charge is -2.16. The predicted molar refractivity (Wildman–Crippen MR) is 105 cm³/mol. The van der Waals surface area contributed by atoms with E-state index in [-0.39, 0.29) is 17.8 Å². The lowest BCUT2D eigenvalue weighted by atomic mass is 10.2. The molecule has 0 saturated heterocycles. The molecule has 4 aromatic rings. The smallest absolute Gasteiger partial charge is 0.251 e. The van der Waals surface area contributed by atoms with Crippen molar-refractivity contribution in [2.75, 3.05) is 0 Å². The van der Waals surface area contributed by atoms with Crippen molar-refractivity contribution in [1.29, 1.82) is 0 Å². The highest BCUT2D eigenvalue weighted by molar-refractivity contribution is 5.94. The summed E-state index contributed by atoms with van der Waals surface area (Å²) in [6.45, 7) is 2.44. The first-order valence-corrected chi connectivity index (χ1v) is 9.02. The molecule has 1 amide bonds. The largest absolute Gasteiger partial charge is 0.342 e. The van der Waals surface area contributed by atoms with Gasteiger partial charge < -0.3 is 9.88 Å². The molecule has 0 aliphatic heterocycles. The van der Waals surface area contributed by atoms with Gasteiger partial charge in [-0.15, -0.1) is 0 Å². The number of imidazole rings is 1. The van der Waals surface area contributed by atoms with E-state index in [0.717, 1.165) is 22.4 Å². The number of para-hydroxylation sites is 2. The summed E-state index contributed by atoms with van der Waals surface area (Å²) < 4.78 is 15.3. The molecule has 0 radical (unpaired) electrons. The monoisotopic (exact) mass is 374 g/mol. The van der Waals surface area contributed by atoms with Crippen molar-refractivity contribution in [3.8, 4) is 0 Å². The fourth-order valence-electron chi connectivity index (χ4n) is 3.21. The second-order valence-electron chi connectivity index (χ2n) is 6.60. The van der Waals surface area contributed by atoms with Crippen LogP contribution < -0.4 is 5.32 Å². The Morgan fingerprint density at radius 1 is 1.07 bits per heavy atom. The van der Waals surface area contributed by atoms with E-state index in [1.54, 1.807) is 36.7 Å². The van der Waals surface area contributed by atoms with Crippen LogP contribution in [0.15, 0.2) is 73.1 Å². The number of benzene rings is 2. The van der Waals surface area contributed by atoms with Gasteiger partial charge in [0.15, 0.2) is 0 Å². The number of carbonyl (C=O) groups is 1. The van der Waals surface area contributed by atoms with Gasteiger partial charge in [0.05, 0.1) is 17.1 Å². The topological polar surface area (TPSA) is 59.8 Å². The van der Waals surface area contributed by atoms with Gasteiger partial charge in [-0.2, -0.15) is 0 Å². The Kier molecular flexibility index (Phi) is 4.85. The number of carbonyl (C=O) groups excluding carboxylic acids is 1. The maximum Gasteiger partial charge on any atom is 0.251 e. The van der Waals surface area contributed by atoms with Crippen LogP contribution in [0.5, 0.6) is 0 Å². The molecule has 0 bridgehead atoms. The van der Waals surface area contributed by atoms with Crippen molar-refractivity contribution in [1.82, 2.24) is 19.9 Å². The molecule has 5 nitrogen and oxygen atoms in total. The molecule has 28 heavy (non-hydrogen) atoms. The van der Waals surface area contributed by atoms with Gasteiger partial charge in [-0.1, -0.05) is 24.3 Å². The van der Waals surface area contributed by atoms with Crippen molar-refractivity contribution in [3.05, 3.63) is 95.8 Å². The quantitative estimate of drug-likeness (QED) is 0.572. The molecule has 6 heteroatoms. The van der Waals surface area contributed by atoms with Crippen LogP contribution in [0.1, 0.15) is 34.7 Å². The molecule has 1 atom stereocenters. The van der Waals surface area contributed by atoms with E-state index >= 15 is 0 Å². The summed E-state index contributed by atoms with van der Waals surface area (Å²) in [6.07, 6.45) is 3.17. The molecule has 4 rings (SSSR count). The molecule has 0 saturated carbocycles. The van der Waals surface area contributed by atoms with Crippen LogP contribution in [0.2, 0.25) is 0 Å². The van der Waals surface area contributed by atoms with Crippen molar-refractivity contribution in [3.63, 3.8) is 0 Å². The van der Waals surface area contributed by atoms with E-state index in [4.69, 9.17) is 4.98 Å². The standard InChI is InChI=1S/C22H19FN4O/c1-15(25-22(28)17-10-12-24-13-11-17)21-26-19-4-2-3-5-20(19)27(21)14-16-6-8-18(23)9-7-16/h2-13,15H,14H2,1H3,(H,25,28). The van der Waals surface area contributed by atoms with Crippen LogP contribution >= 0.6 is 0 Å². The maximum atomic E-state index is 13.3. The molecular weight excluding hydrogens is 355 g/mol. The van der Waals surface area contributed by atoms with Crippen molar-refractivity contribution in [2.24, 2.45) is 0 Å². The number of rotatable bonds is 5. The molecule has 0 aliphatic rings. The fourth-order valence-corrected chi connectivity index (χ4v) is 3.21. The molecule has 1 unspecified atom stereocenters. The third-order valence-electron chi connectivity index (χ3n) is 4.62. The third-order valence-corrected chi connectivity index (χ3v) is 4.62. The zero-order valence-corrected chi connectivity index (χ0v) is 15.3. The third kappa shape index (κ3) is 3.62. The van der Waals surface area contributed by atoms with Gasteiger partial charge in [0.2, 0.25) is 0 Å². The van der Waals surface area contributed by atoms with Crippen LogP contribution in [0.25, 0.3) is 11.0 Å². The van der Waals surface area contributed by atoms with Gasteiger partial charge >= 0.3 is 0 Å². The van der Waals surface area contributed by atoms with E-state index in [1.807, 2.05) is 31.2 Å². The van der Waals surface area contributed by atoms with Crippen LogP contribution in [-0.4, -0.2) is 20.4 Å². The number of halogens is 1. The first kappa shape index (κ1) is 17.9. The molecular formula is C22H19FN4O. The molecule has 0 spiro atoms. The zero-order valence-electron chi connectivity index (χ0n) is 15.3. The molecule has 0 fully saturated rings. The van der Waals surface area contributed by atoms with E-state index < -0.39 is 0 Å². The van der Waals surface area contributed by atoms with Gasteiger partial charge in [-0.3, -0.25) is 9.78 Å². The predicted octanol–water partition coefficient (Wildman–Crippen LogP) is 4.11. The number of pyridine rings is 1. The lowest BCUT2D eigenvalue weighted by Crippen LogP contribution is -2.28. The average molecular weight is 374 g/mol. The highest BCUT2D eigenvalue weighted by Gasteiger charge is 2.19. The summed E-state index contributed by atoms with van der Waals surface area (Å²) in [5.41, 5.74) is 3.32. The first-order valence-electron chi connectivity index (χ1n) is 9.02. The Morgan fingerprint density at radius 3 is 2.54 bits per heavy atom. The maximum absolute atomic E-state index is 13.3. The summed E-state index contributed by atoms with van der Waals surface area (Å²) in [5, 5.41) is 3.00. The number of hydrogen-bond acceptors (Lipinski definition) is 3. The van der Waals surface area contributed by atoms with E-state index in [1.165, 1.54) is 12.1 Å². The first-order chi connectivity index (χ1) is 13.6. The number of nitrogens with one attached hydrogen (secondary N) is 1. The fraction of sp³-hybridized carbons (Fsp3) is 0.136. The van der Waals surface area contributed by atoms with E-state index in [0.29, 0.717) is 12.1 Å². The van der Waals surface area contributed by atoms with E-state index in [2.05, 4.69) is 14.9 Å². The minimum atomic E-state index is -0.312. The summed E-state index contributed by atoms with van der Waals surface area (Å²) in [5.74, 6) is 0.292. The molecule has 2 aromatic carbocycles. The Bertz CT molecular complexity index is 1110. The number of fused-ring (bicyclic) bond motifs is 1. The Morgan fingerprint density at radius 2 is 1.79 bits per heavy atom. The molecule has 0 aliphatic carbocycles. The molecule has 2 heterocycles. The summed E-state index contributed by atoms with van der Waals surface area (Å²) in [6, 6.07) is 17.3. The molecule has 2 aromatic heterocycles. The lowest BCUT2D eigenvalue weighted by molar-refractivity contribution is 0.0937. The minimum absolute atomic E-state index is 0.185. The van der Waals surface area contributed by atoms with Gasteiger partial charge in [0.1, 0.15) is 11.6 Å². The van der Waals surface area contributed by atoms with Gasteiger partial charge in [-0.25, -0.2) is 9.37 Å². The van der Waals surface area contributed by atoms with E-state index in [9.17, 15) is 9.18 Å². The van der Waals surface area contributed by atoms with Gasteiger partial charge in [0.25, 0.3) is 5.91 Å². The SMILES string of the molecule is CC(NC(=O)c1ccncc1)c1nc2ccccc2n1Cc1ccc(F)cc1. The Hall–Kier alpha value is -3.54. The highest BCUT2D eigenvalue weighted by atomic mass is 19.1. The van der Waals surface area contributed by atoms with Gasteiger partial charge in [0, 0.05) is 24.5 Å². The summed E-state index contributed by atoms with van der Waals surface area (Å²) >= 11 is 0. The second kappa shape index (κ2) is 7.60. The van der Waals surface area contributed by atoms with Crippen molar-refractivity contribution >= 4 is 16.9 Å². The number of hydrogen-bond donors (Lipinski definition) is 1. The molecule has 140 valence electrons. The number of nitrogens with zero attached hydrogens (tertiary/aromatic N) is 3. The second-order valence-corrected chi connectivity index (χ2v) is 6.60. The van der Waals surface area contributed by atoms with Crippen molar-refractivity contribution in [2.45, 2.75) is 19.5 Å². The number of amides is 1. The Balaban J connectivity index is 1.67. The van der Waals surface area contributed by atoms with Crippen LogP contribution in [0.4, 0.5) is 4.39 Å². The average Bonchev–Trinajstić information content (AvgIpc) is 3.09. The highest BCUT2D eigenvalue weighted by Crippen LogP contribution is 2.22. The van der Waals surface area contributed by atoms with Crippen LogP contribution in [0.3, 0.4) is 0 Å². The van der Waals surface area contributed by atoms with Crippen molar-refractivity contribution < 1.29 is 9.18 Å². The van der Waals surface area contributed by atoms with Crippen LogP contribution in [-0.2, 0) is 6.54 Å². The number of aromatic nitrogens is 3. The summed E-state index contributed by atoms with van der Waals surface area (Å²) in [7, 11) is 0.